The number of aromatic nitrogens is 6. The Morgan fingerprint density at radius 3 is 2.52 bits per heavy atom. The molecule has 4 aromatic rings. The van der Waals surface area contributed by atoms with Gasteiger partial charge in [-0.15, -0.1) is 0 Å². The molecule has 4 rings (SSSR count). The first-order chi connectivity index (χ1) is 12.9. The van der Waals surface area contributed by atoms with Crippen LogP contribution in [0.1, 0.15) is 5.89 Å². The molecule has 0 aliphatic rings. The van der Waals surface area contributed by atoms with Crippen molar-refractivity contribution in [3.8, 4) is 11.4 Å². The largest absolute Gasteiger partial charge is 0.337 e. The summed E-state index contributed by atoms with van der Waals surface area (Å²) < 4.78 is 21.8. The second-order valence-corrected chi connectivity index (χ2v) is 6.20. The van der Waals surface area contributed by atoms with Crippen LogP contribution < -0.4 is 11.2 Å². The van der Waals surface area contributed by atoms with Crippen LogP contribution in [-0.4, -0.2) is 28.8 Å². The van der Waals surface area contributed by atoms with Crippen molar-refractivity contribution in [2.45, 2.75) is 6.54 Å². The van der Waals surface area contributed by atoms with Gasteiger partial charge in [0.25, 0.3) is 5.56 Å². The van der Waals surface area contributed by atoms with Crippen molar-refractivity contribution in [3.63, 3.8) is 0 Å². The van der Waals surface area contributed by atoms with E-state index in [2.05, 4.69) is 15.1 Å². The zero-order chi connectivity index (χ0) is 19.3. The molecule has 0 saturated carbocycles. The molecular formula is C16H12ClFN6O3. The Kier molecular flexibility index (Phi) is 3.92. The Bertz CT molecular complexity index is 1280. The molecule has 0 bridgehead atoms. The lowest BCUT2D eigenvalue weighted by Crippen LogP contribution is -2.37. The quantitative estimate of drug-likeness (QED) is 0.489. The third-order valence-corrected chi connectivity index (χ3v) is 4.45. The molecule has 0 spiro atoms. The fourth-order valence-electron chi connectivity index (χ4n) is 2.73. The highest BCUT2D eigenvalue weighted by Crippen LogP contribution is 2.20. The van der Waals surface area contributed by atoms with E-state index in [1.54, 1.807) is 0 Å². The van der Waals surface area contributed by atoms with Gasteiger partial charge in [-0.3, -0.25) is 18.5 Å². The monoisotopic (exact) mass is 390 g/mol. The number of hydrogen-bond acceptors (Lipinski definition) is 6. The Morgan fingerprint density at radius 1 is 1.11 bits per heavy atom. The number of aryl methyl sites for hydroxylation is 1. The topological polar surface area (TPSA) is 101 Å². The first-order valence-electron chi connectivity index (χ1n) is 7.77. The highest BCUT2D eigenvalue weighted by Gasteiger charge is 2.20. The second-order valence-electron chi connectivity index (χ2n) is 5.86. The van der Waals surface area contributed by atoms with Crippen LogP contribution >= 0.6 is 11.6 Å². The van der Waals surface area contributed by atoms with Gasteiger partial charge in [0.05, 0.1) is 0 Å². The number of halogens is 2. The van der Waals surface area contributed by atoms with E-state index in [0.717, 1.165) is 4.57 Å². The van der Waals surface area contributed by atoms with Crippen LogP contribution in [0.25, 0.3) is 22.6 Å². The van der Waals surface area contributed by atoms with Gasteiger partial charge in [0.15, 0.2) is 11.2 Å². The van der Waals surface area contributed by atoms with E-state index in [1.165, 1.54) is 47.5 Å². The molecule has 0 aliphatic carbocycles. The molecule has 0 N–H and O–H groups in total. The van der Waals surface area contributed by atoms with Crippen molar-refractivity contribution < 1.29 is 8.91 Å². The van der Waals surface area contributed by atoms with Crippen LogP contribution in [0.3, 0.4) is 0 Å². The third-order valence-electron chi connectivity index (χ3n) is 4.17. The fourth-order valence-corrected chi connectivity index (χ4v) is 2.96. The van der Waals surface area contributed by atoms with E-state index in [0.29, 0.717) is 5.56 Å². The molecule has 11 heteroatoms. The van der Waals surface area contributed by atoms with Crippen LogP contribution in [0, 0.1) is 5.82 Å². The molecule has 3 aromatic heterocycles. The van der Waals surface area contributed by atoms with Gasteiger partial charge in [-0.05, 0) is 35.9 Å². The van der Waals surface area contributed by atoms with Crippen molar-refractivity contribution in [2.24, 2.45) is 14.1 Å². The summed E-state index contributed by atoms with van der Waals surface area (Å²) in [6.45, 7) is -0.0169. The van der Waals surface area contributed by atoms with Crippen molar-refractivity contribution >= 4 is 22.8 Å². The van der Waals surface area contributed by atoms with Crippen LogP contribution in [-0.2, 0) is 20.6 Å². The van der Waals surface area contributed by atoms with E-state index in [9.17, 15) is 14.0 Å². The van der Waals surface area contributed by atoms with Gasteiger partial charge in [0.1, 0.15) is 12.4 Å². The summed E-state index contributed by atoms with van der Waals surface area (Å²) in [5.41, 5.74) is -0.167. The van der Waals surface area contributed by atoms with Crippen LogP contribution in [0.4, 0.5) is 4.39 Å². The summed E-state index contributed by atoms with van der Waals surface area (Å²) in [7, 11) is 2.87. The Labute approximate surface area is 155 Å². The SMILES string of the molecule is Cn1c(=O)c2c(nc(Cl)n2Cc2nc(-c3ccc(F)cc3)no2)n(C)c1=O. The summed E-state index contributed by atoms with van der Waals surface area (Å²) >= 11 is 6.16. The van der Waals surface area contributed by atoms with Gasteiger partial charge in [0.2, 0.25) is 17.0 Å². The van der Waals surface area contributed by atoms with Gasteiger partial charge in [-0.25, -0.2) is 9.18 Å². The fraction of sp³-hybridized carbons (Fsp3) is 0.188. The molecule has 0 radical (unpaired) electrons. The van der Waals surface area contributed by atoms with Gasteiger partial charge >= 0.3 is 5.69 Å². The molecule has 0 aliphatic heterocycles. The molecule has 138 valence electrons. The van der Waals surface area contributed by atoms with Gasteiger partial charge in [-0.1, -0.05) is 5.16 Å². The van der Waals surface area contributed by atoms with Gasteiger partial charge in [0, 0.05) is 19.7 Å². The summed E-state index contributed by atoms with van der Waals surface area (Å²) in [4.78, 5) is 32.9. The zero-order valence-electron chi connectivity index (χ0n) is 14.2. The minimum atomic E-state index is -0.536. The van der Waals surface area contributed by atoms with Crippen molar-refractivity contribution in [1.29, 1.82) is 0 Å². The number of rotatable bonds is 3. The molecular weight excluding hydrogens is 379 g/mol. The lowest BCUT2D eigenvalue weighted by molar-refractivity contribution is 0.372. The molecule has 0 saturated heterocycles. The molecule has 0 atom stereocenters. The Balaban J connectivity index is 1.79. The average Bonchev–Trinajstić information content (AvgIpc) is 3.24. The maximum atomic E-state index is 13.0. The van der Waals surface area contributed by atoms with Crippen molar-refractivity contribution in [2.75, 3.05) is 0 Å². The van der Waals surface area contributed by atoms with E-state index in [-0.39, 0.29) is 40.5 Å². The zero-order valence-corrected chi connectivity index (χ0v) is 14.9. The maximum absolute atomic E-state index is 13.0. The lowest BCUT2D eigenvalue weighted by Gasteiger charge is -2.05. The summed E-state index contributed by atoms with van der Waals surface area (Å²) in [5.74, 6) is 0.0675. The maximum Gasteiger partial charge on any atom is 0.332 e. The molecule has 0 fully saturated rings. The van der Waals surface area contributed by atoms with Gasteiger partial charge < -0.3 is 4.52 Å². The number of nitrogens with zero attached hydrogens (tertiary/aromatic N) is 6. The molecule has 9 nitrogen and oxygen atoms in total. The van der Waals surface area contributed by atoms with Crippen molar-refractivity contribution in [3.05, 3.63) is 62.1 Å². The number of benzene rings is 1. The van der Waals surface area contributed by atoms with Crippen LogP contribution in [0.15, 0.2) is 38.4 Å². The highest BCUT2D eigenvalue weighted by atomic mass is 35.5. The second kappa shape index (κ2) is 6.16. The highest BCUT2D eigenvalue weighted by molar-refractivity contribution is 6.29. The van der Waals surface area contributed by atoms with E-state index < -0.39 is 11.2 Å². The summed E-state index contributed by atoms with van der Waals surface area (Å²) in [6.07, 6.45) is 0. The first kappa shape index (κ1) is 17.2. The minimum absolute atomic E-state index is 0.00447. The molecule has 1 aromatic carbocycles. The van der Waals surface area contributed by atoms with E-state index >= 15 is 0 Å². The predicted molar refractivity (Wildman–Crippen MR) is 94.0 cm³/mol. The smallest absolute Gasteiger partial charge is 0.332 e. The normalized spacial score (nSPS) is 11.4. The molecule has 0 amide bonds. The molecule has 27 heavy (non-hydrogen) atoms. The Morgan fingerprint density at radius 2 is 1.81 bits per heavy atom. The number of fused-ring (bicyclic) bond motifs is 1. The first-order valence-corrected chi connectivity index (χ1v) is 8.15. The molecule has 3 heterocycles. The predicted octanol–water partition coefficient (Wildman–Crippen LogP) is 1.32. The Hall–Kier alpha value is -3.27. The summed E-state index contributed by atoms with van der Waals surface area (Å²) in [6, 6.07) is 5.62. The third kappa shape index (κ3) is 2.74. The summed E-state index contributed by atoms with van der Waals surface area (Å²) in [5, 5.41) is 3.86. The molecule has 0 unspecified atom stereocenters. The van der Waals surface area contributed by atoms with Crippen LogP contribution in [0.2, 0.25) is 5.28 Å². The standard InChI is InChI=1S/C16H12ClFN6O3/c1-22-13-11(14(25)23(2)16(22)26)24(15(17)20-13)7-10-19-12(21-27-10)8-3-5-9(18)6-4-8/h3-6H,7H2,1-2H3. The van der Waals surface area contributed by atoms with Gasteiger partial charge in [-0.2, -0.15) is 9.97 Å². The minimum Gasteiger partial charge on any atom is -0.337 e. The number of hydrogen-bond donors (Lipinski definition) is 0. The van der Waals surface area contributed by atoms with E-state index in [1.807, 2.05) is 0 Å². The average molecular weight is 391 g/mol. The van der Waals surface area contributed by atoms with Crippen molar-refractivity contribution in [1.82, 2.24) is 28.8 Å². The van der Waals surface area contributed by atoms with E-state index in [4.69, 9.17) is 16.1 Å². The number of imidazole rings is 1. The van der Waals surface area contributed by atoms with Crippen LogP contribution in [0.5, 0.6) is 0 Å². The lowest BCUT2D eigenvalue weighted by atomic mass is 10.2.